The van der Waals surface area contributed by atoms with Crippen LogP contribution in [0.25, 0.3) is 0 Å². The summed E-state index contributed by atoms with van der Waals surface area (Å²) in [5.74, 6) is 0.270. The number of urea groups is 1. The monoisotopic (exact) mass is 451 g/mol. The standard InChI is InChI=1S/C24H25N3O6/c1-13(2)33-23(29)20-14(3)27(4)24(30)26-21(20)15-6-5-7-17(10-15)25-22(28)16-8-9-18-19(11-16)32-12-31-18/h5-11,13,21H,12H2,1-4H3,(H,25,28)(H,26,30)/t21-/m0/s1. The molecule has 33 heavy (non-hydrogen) atoms. The van der Waals surface area contributed by atoms with Gasteiger partial charge in [0, 0.05) is 24.0 Å². The summed E-state index contributed by atoms with van der Waals surface area (Å²) in [6, 6.07) is 10.9. The van der Waals surface area contributed by atoms with Gasteiger partial charge in [-0.1, -0.05) is 12.1 Å². The Hall–Kier alpha value is -4.01. The molecule has 0 spiro atoms. The van der Waals surface area contributed by atoms with Gasteiger partial charge in [-0.05, 0) is 56.7 Å². The minimum Gasteiger partial charge on any atom is -0.459 e. The lowest BCUT2D eigenvalue weighted by Gasteiger charge is -2.33. The fourth-order valence-electron chi connectivity index (χ4n) is 3.66. The van der Waals surface area contributed by atoms with Crippen LogP contribution in [-0.4, -0.2) is 42.8 Å². The number of hydrogen-bond acceptors (Lipinski definition) is 6. The van der Waals surface area contributed by atoms with Crippen molar-refractivity contribution >= 4 is 23.6 Å². The SMILES string of the molecule is CC1=C(C(=O)OC(C)C)[C@H](c2cccc(NC(=O)c3ccc4c(c3)OCO4)c2)NC(=O)N1C. The van der Waals surface area contributed by atoms with Gasteiger partial charge in [0.1, 0.15) is 0 Å². The zero-order valence-electron chi connectivity index (χ0n) is 18.8. The molecule has 9 nitrogen and oxygen atoms in total. The third-order valence-corrected chi connectivity index (χ3v) is 5.43. The second-order valence-electron chi connectivity index (χ2n) is 8.04. The van der Waals surface area contributed by atoms with Gasteiger partial charge in [0.05, 0.1) is 17.7 Å². The number of esters is 1. The second-order valence-corrected chi connectivity index (χ2v) is 8.04. The summed E-state index contributed by atoms with van der Waals surface area (Å²) in [5, 5.41) is 5.69. The summed E-state index contributed by atoms with van der Waals surface area (Å²) in [6.45, 7) is 5.35. The lowest BCUT2D eigenvalue weighted by molar-refractivity contribution is -0.143. The lowest BCUT2D eigenvalue weighted by Crippen LogP contribution is -2.46. The minimum atomic E-state index is -0.720. The number of benzene rings is 2. The fraction of sp³-hybridized carbons (Fsp3) is 0.292. The number of rotatable bonds is 5. The molecule has 3 amide bonds. The predicted molar refractivity (Wildman–Crippen MR) is 120 cm³/mol. The first kappa shape index (κ1) is 22.2. The molecule has 2 aliphatic heterocycles. The molecule has 1 atom stereocenters. The van der Waals surface area contributed by atoms with Crippen molar-refractivity contribution in [3.63, 3.8) is 0 Å². The van der Waals surface area contributed by atoms with Gasteiger partial charge in [-0.15, -0.1) is 0 Å². The molecule has 0 saturated carbocycles. The molecule has 9 heteroatoms. The van der Waals surface area contributed by atoms with E-state index in [1.807, 2.05) is 0 Å². The Morgan fingerprint density at radius 1 is 1.15 bits per heavy atom. The number of nitrogens with one attached hydrogen (secondary N) is 2. The maximum absolute atomic E-state index is 12.8. The van der Waals surface area contributed by atoms with Gasteiger partial charge < -0.3 is 29.7 Å². The van der Waals surface area contributed by atoms with Gasteiger partial charge in [-0.25, -0.2) is 9.59 Å². The molecule has 172 valence electrons. The topological polar surface area (TPSA) is 106 Å². The van der Waals surface area contributed by atoms with Crippen molar-refractivity contribution < 1.29 is 28.6 Å². The van der Waals surface area contributed by atoms with Crippen LogP contribution < -0.4 is 20.1 Å². The first-order chi connectivity index (χ1) is 15.7. The molecule has 0 unspecified atom stereocenters. The second kappa shape index (κ2) is 8.85. The van der Waals surface area contributed by atoms with Crippen molar-refractivity contribution in [1.29, 1.82) is 0 Å². The molecule has 2 aromatic carbocycles. The fourth-order valence-corrected chi connectivity index (χ4v) is 3.66. The molecule has 0 radical (unpaired) electrons. The number of fused-ring (bicyclic) bond motifs is 1. The van der Waals surface area contributed by atoms with E-state index in [-0.39, 0.29) is 24.8 Å². The first-order valence-electron chi connectivity index (χ1n) is 10.5. The lowest BCUT2D eigenvalue weighted by atomic mass is 9.94. The number of nitrogens with zero attached hydrogens (tertiary/aromatic N) is 1. The Balaban J connectivity index is 1.61. The van der Waals surface area contributed by atoms with Gasteiger partial charge >= 0.3 is 12.0 Å². The Morgan fingerprint density at radius 3 is 2.67 bits per heavy atom. The van der Waals surface area contributed by atoms with E-state index in [0.717, 1.165) is 0 Å². The van der Waals surface area contributed by atoms with Crippen molar-refractivity contribution in [3.05, 3.63) is 64.9 Å². The quantitative estimate of drug-likeness (QED) is 0.673. The number of amides is 3. The number of carbonyl (C=O) groups excluding carboxylic acids is 3. The zero-order valence-corrected chi connectivity index (χ0v) is 18.8. The van der Waals surface area contributed by atoms with Crippen LogP contribution in [0.4, 0.5) is 10.5 Å². The summed E-state index contributed by atoms with van der Waals surface area (Å²) in [7, 11) is 1.59. The summed E-state index contributed by atoms with van der Waals surface area (Å²) < 4.78 is 16.0. The molecule has 0 aromatic heterocycles. The molecule has 0 fully saturated rings. The highest BCUT2D eigenvalue weighted by molar-refractivity contribution is 6.04. The minimum absolute atomic E-state index is 0.124. The van der Waals surface area contributed by atoms with E-state index in [9.17, 15) is 14.4 Å². The van der Waals surface area contributed by atoms with Crippen LogP contribution >= 0.6 is 0 Å². The van der Waals surface area contributed by atoms with Crippen LogP contribution in [-0.2, 0) is 9.53 Å². The average Bonchev–Trinajstić information content (AvgIpc) is 3.24. The maximum Gasteiger partial charge on any atom is 0.338 e. The number of carbonyl (C=O) groups is 3. The van der Waals surface area contributed by atoms with Crippen LogP contribution in [0.15, 0.2) is 53.7 Å². The van der Waals surface area contributed by atoms with E-state index >= 15 is 0 Å². The Kier molecular flexibility index (Phi) is 5.95. The molecule has 2 heterocycles. The number of hydrogen-bond donors (Lipinski definition) is 2. The number of ether oxygens (including phenoxy) is 3. The third-order valence-electron chi connectivity index (χ3n) is 5.43. The summed E-state index contributed by atoms with van der Waals surface area (Å²) in [4.78, 5) is 39.5. The van der Waals surface area contributed by atoms with Crippen molar-refractivity contribution in [3.8, 4) is 11.5 Å². The maximum atomic E-state index is 12.8. The van der Waals surface area contributed by atoms with Gasteiger partial charge in [-0.3, -0.25) is 4.79 Å². The smallest absolute Gasteiger partial charge is 0.338 e. The van der Waals surface area contributed by atoms with Crippen LogP contribution in [0, 0.1) is 0 Å². The van der Waals surface area contributed by atoms with Crippen LogP contribution in [0.2, 0.25) is 0 Å². The molecular formula is C24H25N3O6. The Bertz CT molecular complexity index is 1160. The zero-order chi connectivity index (χ0) is 23.7. The number of anilines is 1. The van der Waals surface area contributed by atoms with Gasteiger partial charge in [0.25, 0.3) is 5.91 Å². The number of allylic oxidation sites excluding steroid dienone is 1. The molecule has 0 saturated heterocycles. The molecule has 2 N–H and O–H groups in total. The highest BCUT2D eigenvalue weighted by atomic mass is 16.7. The first-order valence-corrected chi connectivity index (χ1v) is 10.5. The molecule has 0 bridgehead atoms. The van der Waals surface area contributed by atoms with Crippen molar-refractivity contribution in [2.75, 3.05) is 19.2 Å². The molecular weight excluding hydrogens is 426 g/mol. The van der Waals surface area contributed by atoms with Crippen LogP contribution in [0.5, 0.6) is 11.5 Å². The third kappa shape index (κ3) is 4.48. The van der Waals surface area contributed by atoms with E-state index in [0.29, 0.717) is 39.6 Å². The van der Waals surface area contributed by atoms with Crippen LogP contribution in [0.3, 0.4) is 0 Å². The van der Waals surface area contributed by atoms with E-state index < -0.39 is 12.0 Å². The van der Waals surface area contributed by atoms with E-state index in [1.54, 1.807) is 70.3 Å². The van der Waals surface area contributed by atoms with Gasteiger partial charge in [0.15, 0.2) is 11.5 Å². The van der Waals surface area contributed by atoms with Gasteiger partial charge in [-0.2, -0.15) is 0 Å². The normalized spacial score (nSPS) is 17.2. The van der Waals surface area contributed by atoms with Crippen molar-refractivity contribution in [2.24, 2.45) is 0 Å². The molecule has 0 aliphatic carbocycles. The van der Waals surface area contributed by atoms with Crippen LogP contribution in [0.1, 0.15) is 42.7 Å². The average molecular weight is 451 g/mol. The molecule has 2 aliphatic rings. The summed E-state index contributed by atoms with van der Waals surface area (Å²) >= 11 is 0. The highest BCUT2D eigenvalue weighted by Crippen LogP contribution is 2.34. The van der Waals surface area contributed by atoms with E-state index in [4.69, 9.17) is 14.2 Å². The van der Waals surface area contributed by atoms with Gasteiger partial charge in [0.2, 0.25) is 6.79 Å². The summed E-state index contributed by atoms with van der Waals surface area (Å²) in [6.07, 6.45) is -0.311. The van der Waals surface area contributed by atoms with E-state index in [1.165, 1.54) is 4.90 Å². The van der Waals surface area contributed by atoms with E-state index in [2.05, 4.69) is 10.6 Å². The highest BCUT2D eigenvalue weighted by Gasteiger charge is 2.35. The molecule has 2 aromatic rings. The Labute approximate surface area is 191 Å². The van der Waals surface area contributed by atoms with Crippen molar-refractivity contribution in [2.45, 2.75) is 32.9 Å². The van der Waals surface area contributed by atoms with Crippen molar-refractivity contribution in [1.82, 2.24) is 10.2 Å². The predicted octanol–water partition coefficient (Wildman–Crippen LogP) is 3.59. The molecule has 4 rings (SSSR count). The largest absolute Gasteiger partial charge is 0.459 e. The summed E-state index contributed by atoms with van der Waals surface area (Å²) in [5.41, 5.74) is 2.40. The Morgan fingerprint density at radius 2 is 1.91 bits per heavy atom.